The molecule has 6 heteroatoms. The molecule has 5 nitrogen and oxygen atoms in total. The molecule has 0 atom stereocenters. The molecule has 0 rings (SSSR count). The summed E-state index contributed by atoms with van der Waals surface area (Å²) in [7, 11) is -2.65. The molecule has 0 radical (unpaired) electrons. The zero-order valence-electron chi connectivity index (χ0n) is 7.07. The van der Waals surface area contributed by atoms with Crippen molar-refractivity contribution in [3.8, 4) is 0 Å². The highest BCUT2D eigenvalue weighted by molar-refractivity contribution is 6.50. The van der Waals surface area contributed by atoms with E-state index < -0.39 is 9.05 Å². The van der Waals surface area contributed by atoms with Crippen LogP contribution < -0.4 is 0 Å². The van der Waals surface area contributed by atoms with Crippen molar-refractivity contribution in [1.82, 2.24) is 5.06 Å². The Labute approximate surface area is 67.6 Å². The Balaban J connectivity index is 3.79. The van der Waals surface area contributed by atoms with Gasteiger partial charge in [-0.25, -0.2) is 0 Å². The molecule has 0 bridgehead atoms. The van der Waals surface area contributed by atoms with E-state index in [0.717, 1.165) is 0 Å². The van der Waals surface area contributed by atoms with Crippen LogP contribution in [0.25, 0.3) is 0 Å². The van der Waals surface area contributed by atoms with Crippen LogP contribution in [-0.4, -0.2) is 43.9 Å². The zero-order chi connectivity index (χ0) is 8.91. The van der Waals surface area contributed by atoms with Crippen molar-refractivity contribution < 1.29 is 18.5 Å². The molecule has 68 valence electrons. The predicted octanol–water partition coefficient (Wildman–Crippen LogP) is -0.674. The molecule has 0 heterocycles. The van der Waals surface area contributed by atoms with Crippen molar-refractivity contribution in [2.75, 3.05) is 20.2 Å². The van der Waals surface area contributed by atoms with Crippen molar-refractivity contribution in [3.63, 3.8) is 0 Å². The van der Waals surface area contributed by atoms with Crippen LogP contribution in [0.4, 0.5) is 0 Å². The van der Waals surface area contributed by atoms with E-state index in [9.17, 15) is 0 Å². The fraction of sp³-hybridized carbons (Fsp3) is 1.00. The Kier molecular flexibility index (Phi) is 4.81. The average molecular weight is 181 g/mol. The Hall–Kier alpha value is 0.0169. The molecule has 0 aliphatic carbocycles. The first-order valence-corrected chi connectivity index (χ1v) is 5.20. The maximum absolute atomic E-state index is 8.96. The fourth-order valence-electron chi connectivity index (χ4n) is 0.558. The molecular weight excluding hydrogens is 166 g/mol. The molecule has 0 aliphatic rings. The van der Waals surface area contributed by atoms with Gasteiger partial charge in [-0.1, -0.05) is 13.8 Å². The van der Waals surface area contributed by atoms with E-state index in [0.29, 0.717) is 13.1 Å². The van der Waals surface area contributed by atoms with Crippen LogP contribution >= 0.6 is 0 Å². The van der Waals surface area contributed by atoms with Gasteiger partial charge in [0, 0.05) is 20.2 Å². The second-order valence-electron chi connectivity index (χ2n) is 1.96. The lowest BCUT2D eigenvalue weighted by molar-refractivity contribution is -0.136. The highest BCUT2D eigenvalue weighted by Gasteiger charge is 2.37. The maximum atomic E-state index is 8.96. The summed E-state index contributed by atoms with van der Waals surface area (Å²) in [6, 6.07) is 0. The first kappa shape index (κ1) is 11.0. The van der Waals surface area contributed by atoms with E-state index >= 15 is 0 Å². The van der Waals surface area contributed by atoms with Crippen molar-refractivity contribution >= 4 is 9.05 Å². The van der Waals surface area contributed by atoms with Crippen LogP contribution in [0.2, 0.25) is 0 Å². The summed E-state index contributed by atoms with van der Waals surface area (Å²) in [5, 5.41) is 1.43. The zero-order valence-corrected chi connectivity index (χ0v) is 8.07. The van der Waals surface area contributed by atoms with E-state index in [-0.39, 0.29) is 0 Å². The third-order valence-electron chi connectivity index (χ3n) is 1.22. The van der Waals surface area contributed by atoms with Crippen LogP contribution in [0.3, 0.4) is 0 Å². The number of hydrogen-bond donors (Lipinski definition) is 2. The fourth-order valence-corrected chi connectivity index (χ4v) is 1.23. The van der Waals surface area contributed by atoms with Gasteiger partial charge in [0.25, 0.3) is 0 Å². The summed E-state index contributed by atoms with van der Waals surface area (Å²) < 4.78 is 9.10. The number of hydroxylamine groups is 2. The van der Waals surface area contributed by atoms with Crippen molar-refractivity contribution in [3.05, 3.63) is 0 Å². The Morgan fingerprint density at radius 2 is 1.73 bits per heavy atom. The summed E-state index contributed by atoms with van der Waals surface area (Å²) in [6.45, 7) is 4.89. The summed E-state index contributed by atoms with van der Waals surface area (Å²) in [4.78, 5) is 17.9. The second-order valence-corrected chi connectivity index (χ2v) is 3.65. The summed E-state index contributed by atoms with van der Waals surface area (Å²) in [5.74, 6) is 0. The first-order valence-electron chi connectivity index (χ1n) is 3.49. The van der Waals surface area contributed by atoms with Gasteiger partial charge < -0.3 is 14.0 Å². The molecule has 0 amide bonds. The quantitative estimate of drug-likeness (QED) is 0.435. The van der Waals surface area contributed by atoms with Gasteiger partial charge in [0.1, 0.15) is 0 Å². The molecule has 0 aromatic rings. The van der Waals surface area contributed by atoms with E-state index in [1.54, 1.807) is 0 Å². The van der Waals surface area contributed by atoms with Gasteiger partial charge in [0.05, 0.1) is 0 Å². The van der Waals surface area contributed by atoms with E-state index in [1.165, 1.54) is 12.2 Å². The molecule has 0 aromatic carbocycles. The largest absolute Gasteiger partial charge is 0.691 e. The summed E-state index contributed by atoms with van der Waals surface area (Å²) >= 11 is 0. The lowest BCUT2D eigenvalue weighted by atomic mass is 10.6. The average Bonchev–Trinajstić information content (AvgIpc) is 2.00. The minimum Gasteiger partial charge on any atom is -0.367 e. The smallest absolute Gasteiger partial charge is 0.367 e. The standard InChI is InChI=1S/C5H15NO4Si/c1-4-6(5-2)10-11(7,8)9-3/h7-8H,4-5H2,1-3H3. The molecule has 0 aromatic heterocycles. The van der Waals surface area contributed by atoms with Gasteiger partial charge in [0.2, 0.25) is 0 Å². The molecule has 11 heavy (non-hydrogen) atoms. The molecular formula is C5H15NO4Si. The third kappa shape index (κ3) is 4.46. The first-order chi connectivity index (χ1) is 5.05. The molecule has 2 N–H and O–H groups in total. The SMILES string of the molecule is CCN(CC)O[Si](O)(O)OC. The Morgan fingerprint density at radius 1 is 1.27 bits per heavy atom. The summed E-state index contributed by atoms with van der Waals surface area (Å²) in [6.07, 6.45) is 0. The molecule has 0 saturated heterocycles. The minimum atomic E-state index is -3.86. The van der Waals surface area contributed by atoms with Crippen molar-refractivity contribution in [2.24, 2.45) is 0 Å². The van der Waals surface area contributed by atoms with Crippen molar-refractivity contribution in [2.45, 2.75) is 13.8 Å². The van der Waals surface area contributed by atoms with E-state index in [1.807, 2.05) is 13.8 Å². The normalized spacial score (nSPS) is 12.5. The maximum Gasteiger partial charge on any atom is 0.691 e. The topological polar surface area (TPSA) is 62.2 Å². The van der Waals surface area contributed by atoms with Crippen LogP contribution in [-0.2, 0) is 8.95 Å². The highest BCUT2D eigenvalue weighted by Crippen LogP contribution is 2.00. The van der Waals surface area contributed by atoms with E-state index in [4.69, 9.17) is 14.1 Å². The van der Waals surface area contributed by atoms with Crippen LogP contribution in [0.15, 0.2) is 0 Å². The lowest BCUT2D eigenvalue weighted by Crippen LogP contribution is -2.47. The molecule has 0 fully saturated rings. The Morgan fingerprint density at radius 3 is 2.00 bits per heavy atom. The molecule has 0 aliphatic heterocycles. The number of nitrogens with zero attached hydrogens (tertiary/aromatic N) is 1. The van der Waals surface area contributed by atoms with Gasteiger partial charge in [0.15, 0.2) is 0 Å². The Bertz CT molecular complexity index is 107. The number of rotatable bonds is 5. The van der Waals surface area contributed by atoms with Gasteiger partial charge in [-0.05, 0) is 0 Å². The molecule has 0 saturated carbocycles. The van der Waals surface area contributed by atoms with Crippen LogP contribution in [0.5, 0.6) is 0 Å². The molecule has 0 spiro atoms. The van der Waals surface area contributed by atoms with Crippen molar-refractivity contribution in [1.29, 1.82) is 0 Å². The highest BCUT2D eigenvalue weighted by atomic mass is 28.4. The third-order valence-corrected chi connectivity index (χ3v) is 2.25. The van der Waals surface area contributed by atoms with Gasteiger partial charge >= 0.3 is 9.05 Å². The second kappa shape index (κ2) is 4.81. The lowest BCUT2D eigenvalue weighted by Gasteiger charge is -2.23. The van der Waals surface area contributed by atoms with E-state index in [2.05, 4.69) is 4.43 Å². The van der Waals surface area contributed by atoms with Gasteiger partial charge in [-0.2, -0.15) is 5.06 Å². The molecule has 0 unspecified atom stereocenters. The van der Waals surface area contributed by atoms with Crippen LogP contribution in [0.1, 0.15) is 13.8 Å². The predicted molar refractivity (Wildman–Crippen MR) is 41.2 cm³/mol. The van der Waals surface area contributed by atoms with Crippen LogP contribution in [0, 0.1) is 0 Å². The van der Waals surface area contributed by atoms with Gasteiger partial charge in [-0.15, -0.1) is 0 Å². The van der Waals surface area contributed by atoms with Gasteiger partial charge in [-0.3, -0.25) is 4.53 Å². The summed E-state index contributed by atoms with van der Waals surface area (Å²) in [5.41, 5.74) is 0. The number of hydrogen-bond acceptors (Lipinski definition) is 5. The monoisotopic (exact) mass is 181 g/mol. The minimum absolute atomic E-state index is 0.593.